The zero-order valence-corrected chi connectivity index (χ0v) is 21.1. The second-order valence-electron chi connectivity index (χ2n) is 8.40. The van der Waals surface area contributed by atoms with Crippen molar-refractivity contribution >= 4 is 47.4 Å². The second-order valence-corrected chi connectivity index (χ2v) is 9.46. The Balaban J connectivity index is 0.00000324. The van der Waals surface area contributed by atoms with Crippen LogP contribution in [0.25, 0.3) is 0 Å². The molecule has 2 aromatic rings. The van der Waals surface area contributed by atoms with Gasteiger partial charge in [0, 0.05) is 41.5 Å². The number of rotatable bonds is 7. The molecule has 4 rings (SSSR count). The van der Waals surface area contributed by atoms with Gasteiger partial charge in [-0.3, -0.25) is 9.59 Å². The molecule has 2 heterocycles. The van der Waals surface area contributed by atoms with Crippen molar-refractivity contribution in [3.63, 3.8) is 0 Å². The Bertz CT molecular complexity index is 983. The monoisotopic (exact) mass is 504 g/mol. The van der Waals surface area contributed by atoms with E-state index in [1.54, 1.807) is 16.7 Å². The number of morpholine rings is 1. The lowest BCUT2D eigenvalue weighted by atomic mass is 10.1. The number of thioether (sulfide) groups is 1. The number of nitrogens with zero attached hydrogens (tertiary/aromatic N) is 2. The van der Waals surface area contributed by atoms with Crippen LogP contribution in [0.5, 0.6) is 0 Å². The molecule has 0 aliphatic carbocycles. The van der Waals surface area contributed by atoms with Crippen molar-refractivity contribution in [3.8, 4) is 0 Å². The smallest absolute Gasteiger partial charge is 0.251 e. The number of anilines is 2. The zero-order chi connectivity index (χ0) is 23.2. The Hall–Kier alpha value is -2.26. The topological polar surface area (TPSA) is 87.9 Å². The molecule has 34 heavy (non-hydrogen) atoms. The van der Waals surface area contributed by atoms with Crippen molar-refractivity contribution in [2.45, 2.75) is 37.2 Å². The number of amides is 2. The SMILES string of the molecule is CCCCNC(=O)c1ccc2c(c1)N(Cc1ccc(N3CCOCC3)cc1)C(=O)[C@@H](N)CS2.Cl. The van der Waals surface area contributed by atoms with E-state index in [0.717, 1.165) is 61.0 Å². The normalized spacial score (nSPS) is 18.1. The maximum Gasteiger partial charge on any atom is 0.251 e. The van der Waals surface area contributed by atoms with E-state index >= 15 is 0 Å². The molecule has 2 aromatic carbocycles. The molecule has 184 valence electrons. The Morgan fingerprint density at radius 2 is 1.91 bits per heavy atom. The summed E-state index contributed by atoms with van der Waals surface area (Å²) in [5.41, 5.74) is 9.67. The molecule has 0 radical (unpaired) electrons. The zero-order valence-electron chi connectivity index (χ0n) is 19.5. The molecular formula is C25H33ClN4O3S. The lowest BCUT2D eigenvalue weighted by Crippen LogP contribution is -2.44. The van der Waals surface area contributed by atoms with Crippen LogP contribution >= 0.6 is 24.2 Å². The van der Waals surface area contributed by atoms with Crippen LogP contribution in [-0.2, 0) is 16.1 Å². The summed E-state index contributed by atoms with van der Waals surface area (Å²) in [4.78, 5) is 30.8. The summed E-state index contributed by atoms with van der Waals surface area (Å²) >= 11 is 1.56. The minimum absolute atomic E-state index is 0. The van der Waals surface area contributed by atoms with Gasteiger partial charge in [-0.25, -0.2) is 0 Å². The minimum atomic E-state index is -0.586. The Morgan fingerprint density at radius 3 is 2.62 bits per heavy atom. The van der Waals surface area contributed by atoms with Crippen LogP contribution < -0.4 is 20.9 Å². The van der Waals surface area contributed by atoms with E-state index < -0.39 is 6.04 Å². The van der Waals surface area contributed by atoms with Crippen LogP contribution in [0.3, 0.4) is 0 Å². The van der Waals surface area contributed by atoms with Gasteiger partial charge in [0.2, 0.25) is 5.91 Å². The van der Waals surface area contributed by atoms with E-state index in [4.69, 9.17) is 10.5 Å². The first kappa shape index (κ1) is 26.3. The summed E-state index contributed by atoms with van der Waals surface area (Å²) in [5, 5.41) is 2.96. The highest BCUT2D eigenvalue weighted by Gasteiger charge is 2.29. The van der Waals surface area contributed by atoms with E-state index in [1.807, 2.05) is 18.2 Å². The first-order valence-corrected chi connectivity index (χ1v) is 12.6. The van der Waals surface area contributed by atoms with Gasteiger partial charge in [-0.15, -0.1) is 24.2 Å². The van der Waals surface area contributed by atoms with Crippen LogP contribution in [0.2, 0.25) is 0 Å². The van der Waals surface area contributed by atoms with Crippen LogP contribution in [0.15, 0.2) is 47.4 Å². The Kier molecular flexibility index (Phi) is 9.64. The fraction of sp³-hybridized carbons (Fsp3) is 0.440. The first-order chi connectivity index (χ1) is 16.1. The number of halogens is 1. The third kappa shape index (κ3) is 6.24. The van der Waals surface area contributed by atoms with Crippen molar-refractivity contribution in [1.29, 1.82) is 0 Å². The third-order valence-corrected chi connectivity index (χ3v) is 7.16. The number of nitrogens with one attached hydrogen (secondary N) is 1. The first-order valence-electron chi connectivity index (χ1n) is 11.6. The fourth-order valence-electron chi connectivity index (χ4n) is 4.02. The number of hydrogen-bond donors (Lipinski definition) is 2. The Morgan fingerprint density at radius 1 is 1.18 bits per heavy atom. The molecule has 2 amide bonds. The summed E-state index contributed by atoms with van der Waals surface area (Å²) in [5.74, 6) is 0.273. The highest BCUT2D eigenvalue weighted by Crippen LogP contribution is 2.36. The highest BCUT2D eigenvalue weighted by molar-refractivity contribution is 7.99. The molecule has 1 atom stereocenters. The molecule has 1 saturated heterocycles. The van der Waals surface area contributed by atoms with Gasteiger partial charge in [0.25, 0.3) is 5.91 Å². The number of carbonyl (C=O) groups excluding carboxylic acids is 2. The predicted molar refractivity (Wildman–Crippen MR) is 140 cm³/mol. The summed E-state index contributed by atoms with van der Waals surface area (Å²) in [6.45, 7) is 6.38. The van der Waals surface area contributed by atoms with E-state index in [2.05, 4.69) is 41.4 Å². The number of carbonyl (C=O) groups is 2. The van der Waals surface area contributed by atoms with Gasteiger partial charge in [-0.1, -0.05) is 25.5 Å². The van der Waals surface area contributed by atoms with Crippen molar-refractivity contribution in [3.05, 3.63) is 53.6 Å². The lowest BCUT2D eigenvalue weighted by molar-refractivity contribution is -0.119. The fourth-order valence-corrected chi connectivity index (χ4v) is 5.00. The molecular weight excluding hydrogens is 472 g/mol. The van der Waals surface area contributed by atoms with E-state index in [9.17, 15) is 9.59 Å². The predicted octanol–water partition coefficient (Wildman–Crippen LogP) is 3.44. The standard InChI is InChI=1S/C25H32N4O3S.ClH/c1-2-3-10-27-24(30)19-6-9-23-22(15-19)29(25(31)21(26)17-33-23)16-18-4-7-20(8-5-18)28-11-13-32-14-12-28;/h4-9,15,21H,2-3,10-14,16-17,26H2,1H3,(H,27,30);1H/t21-;/m0./s1. The van der Waals surface area contributed by atoms with Crippen LogP contribution in [0.4, 0.5) is 11.4 Å². The molecule has 0 aromatic heterocycles. The van der Waals surface area contributed by atoms with Gasteiger partial charge < -0.3 is 25.6 Å². The molecule has 0 spiro atoms. The maximum atomic E-state index is 13.2. The van der Waals surface area contributed by atoms with Crippen molar-refractivity contribution < 1.29 is 14.3 Å². The molecule has 0 saturated carbocycles. The summed E-state index contributed by atoms with van der Waals surface area (Å²) in [7, 11) is 0. The number of ether oxygens (including phenoxy) is 1. The molecule has 1 fully saturated rings. The third-order valence-electron chi connectivity index (χ3n) is 5.98. The second kappa shape index (κ2) is 12.4. The number of fused-ring (bicyclic) bond motifs is 1. The van der Waals surface area contributed by atoms with Gasteiger partial charge in [-0.05, 0) is 42.3 Å². The highest BCUT2D eigenvalue weighted by atomic mass is 35.5. The molecule has 2 aliphatic heterocycles. The van der Waals surface area contributed by atoms with Gasteiger partial charge in [0.15, 0.2) is 0 Å². The molecule has 7 nitrogen and oxygen atoms in total. The number of hydrogen-bond acceptors (Lipinski definition) is 6. The molecule has 0 bridgehead atoms. The lowest BCUT2D eigenvalue weighted by Gasteiger charge is -2.29. The maximum absolute atomic E-state index is 13.2. The van der Waals surface area contributed by atoms with Crippen LogP contribution in [-0.4, -0.2) is 56.5 Å². The van der Waals surface area contributed by atoms with Gasteiger partial charge in [-0.2, -0.15) is 0 Å². The number of nitrogens with two attached hydrogens (primary N) is 1. The largest absolute Gasteiger partial charge is 0.378 e. The average molecular weight is 505 g/mol. The number of benzene rings is 2. The summed E-state index contributed by atoms with van der Waals surface area (Å²) < 4.78 is 5.44. The molecule has 2 aliphatic rings. The van der Waals surface area contributed by atoms with E-state index in [1.165, 1.54) is 0 Å². The summed E-state index contributed by atoms with van der Waals surface area (Å²) in [6.07, 6.45) is 1.96. The average Bonchev–Trinajstić information content (AvgIpc) is 2.97. The van der Waals surface area contributed by atoms with Crippen molar-refractivity contribution in [2.24, 2.45) is 5.73 Å². The Labute approximate surface area is 211 Å². The quantitative estimate of drug-likeness (QED) is 0.561. The van der Waals surface area contributed by atoms with Crippen molar-refractivity contribution in [1.82, 2.24) is 5.32 Å². The summed E-state index contributed by atoms with van der Waals surface area (Å²) in [6, 6.07) is 13.3. The van der Waals surface area contributed by atoms with Gasteiger partial charge in [0.1, 0.15) is 0 Å². The van der Waals surface area contributed by atoms with E-state index in [-0.39, 0.29) is 24.2 Å². The van der Waals surface area contributed by atoms with Crippen LogP contribution in [0.1, 0.15) is 35.7 Å². The molecule has 0 unspecified atom stereocenters. The molecule has 9 heteroatoms. The minimum Gasteiger partial charge on any atom is -0.378 e. The molecule has 3 N–H and O–H groups in total. The van der Waals surface area contributed by atoms with E-state index in [0.29, 0.717) is 24.4 Å². The van der Waals surface area contributed by atoms with Gasteiger partial charge >= 0.3 is 0 Å². The van der Waals surface area contributed by atoms with Crippen LogP contribution in [0, 0.1) is 0 Å². The number of unbranched alkanes of at least 4 members (excludes halogenated alkanes) is 1. The van der Waals surface area contributed by atoms with Crippen molar-refractivity contribution in [2.75, 3.05) is 48.4 Å². The van der Waals surface area contributed by atoms with Gasteiger partial charge in [0.05, 0.1) is 31.5 Å².